The molecule has 0 saturated carbocycles. The van der Waals surface area contributed by atoms with E-state index in [9.17, 15) is 9.59 Å². The summed E-state index contributed by atoms with van der Waals surface area (Å²) in [5.74, 6) is -0.237. The van der Waals surface area contributed by atoms with Crippen LogP contribution >= 0.6 is 11.3 Å². The highest BCUT2D eigenvalue weighted by molar-refractivity contribution is 7.08. The number of nitrogens with zero attached hydrogens (tertiary/aromatic N) is 2. The minimum atomic E-state index is -1.00. The maximum atomic E-state index is 12.9. The highest BCUT2D eigenvalue weighted by Gasteiger charge is 2.49. The van der Waals surface area contributed by atoms with Gasteiger partial charge >= 0.3 is 6.03 Å². The van der Waals surface area contributed by atoms with Gasteiger partial charge in [0, 0.05) is 11.6 Å². The first kappa shape index (κ1) is 14.8. The number of hydrogen-bond acceptors (Lipinski definition) is 4. The Morgan fingerprint density at radius 3 is 2.83 bits per heavy atom. The molecule has 3 amide bonds. The van der Waals surface area contributed by atoms with Crippen LogP contribution in [0.15, 0.2) is 53.4 Å². The van der Waals surface area contributed by atoms with Crippen molar-refractivity contribution >= 4 is 34.2 Å². The molecule has 1 N–H and O–H groups in total. The summed E-state index contributed by atoms with van der Waals surface area (Å²) in [7, 11) is 0. The van der Waals surface area contributed by atoms with Gasteiger partial charge in [-0.1, -0.05) is 24.3 Å². The zero-order chi connectivity index (χ0) is 16.7. The molecule has 4 rings (SSSR count). The minimum absolute atomic E-state index is 0.207. The van der Waals surface area contributed by atoms with Crippen molar-refractivity contribution in [2.24, 2.45) is 0 Å². The largest absolute Gasteiger partial charge is 0.325 e. The molecule has 0 bridgehead atoms. The molecule has 1 atom stereocenters. The average Bonchev–Trinajstić information content (AvgIpc) is 3.20. The molecular formula is C18H15N3O2S. The van der Waals surface area contributed by atoms with Crippen LogP contribution in [0.3, 0.4) is 0 Å². The zero-order valence-corrected chi connectivity index (χ0v) is 13.8. The van der Waals surface area contributed by atoms with E-state index in [1.807, 2.05) is 47.2 Å². The molecule has 1 aliphatic heterocycles. The van der Waals surface area contributed by atoms with Gasteiger partial charge < -0.3 is 5.32 Å². The summed E-state index contributed by atoms with van der Waals surface area (Å²) in [6.07, 6.45) is 1.72. The molecule has 3 heterocycles. The van der Waals surface area contributed by atoms with Gasteiger partial charge in [-0.15, -0.1) is 0 Å². The van der Waals surface area contributed by atoms with Gasteiger partial charge in [0.15, 0.2) is 0 Å². The second-order valence-corrected chi connectivity index (χ2v) is 6.73. The molecule has 0 aliphatic carbocycles. The lowest BCUT2D eigenvalue weighted by atomic mass is 9.95. The average molecular weight is 337 g/mol. The molecular weight excluding hydrogens is 322 g/mol. The lowest BCUT2D eigenvalue weighted by molar-refractivity contribution is -0.131. The number of urea groups is 1. The standard InChI is InChI=1S/C18H15N3O2S/c1-18(14-7-9-24-11-14)16(22)21(17(23)20-18)10-13-5-2-4-12-6-3-8-19-15(12)13/h2-9,11H,10H2,1H3,(H,20,23)/t18-/m0/s1. The van der Waals surface area contributed by atoms with E-state index in [1.165, 1.54) is 16.2 Å². The number of amides is 3. The zero-order valence-electron chi connectivity index (χ0n) is 13.0. The van der Waals surface area contributed by atoms with Crippen LogP contribution in [0.25, 0.3) is 10.9 Å². The number of thiophene rings is 1. The van der Waals surface area contributed by atoms with Crippen molar-refractivity contribution in [3.63, 3.8) is 0 Å². The fourth-order valence-electron chi connectivity index (χ4n) is 3.05. The molecule has 1 fully saturated rings. The summed E-state index contributed by atoms with van der Waals surface area (Å²) in [6, 6.07) is 11.1. The number of pyridine rings is 1. The number of hydrogen-bond donors (Lipinski definition) is 1. The Morgan fingerprint density at radius 1 is 1.21 bits per heavy atom. The number of carbonyl (C=O) groups is 2. The first-order chi connectivity index (χ1) is 11.6. The topological polar surface area (TPSA) is 62.3 Å². The normalized spacial score (nSPS) is 20.6. The summed E-state index contributed by atoms with van der Waals surface area (Å²) < 4.78 is 0. The van der Waals surface area contributed by atoms with E-state index in [0.29, 0.717) is 0 Å². The monoisotopic (exact) mass is 337 g/mol. The van der Waals surface area contributed by atoms with Crippen molar-refractivity contribution in [1.82, 2.24) is 15.2 Å². The first-order valence-corrected chi connectivity index (χ1v) is 8.53. The van der Waals surface area contributed by atoms with Crippen LogP contribution in [0.4, 0.5) is 4.79 Å². The lowest BCUT2D eigenvalue weighted by Crippen LogP contribution is -2.40. The Labute approximate surface area is 142 Å². The summed E-state index contributed by atoms with van der Waals surface area (Å²) in [6.45, 7) is 1.95. The number of nitrogens with one attached hydrogen (secondary N) is 1. The number of carbonyl (C=O) groups excluding carboxylic acids is 2. The van der Waals surface area contributed by atoms with Crippen molar-refractivity contribution in [2.45, 2.75) is 19.0 Å². The van der Waals surface area contributed by atoms with Crippen molar-refractivity contribution in [2.75, 3.05) is 0 Å². The molecule has 0 spiro atoms. The van der Waals surface area contributed by atoms with Gasteiger partial charge in [-0.05, 0) is 40.9 Å². The van der Waals surface area contributed by atoms with Crippen molar-refractivity contribution in [3.8, 4) is 0 Å². The third-order valence-corrected chi connectivity index (χ3v) is 5.10. The van der Waals surface area contributed by atoms with Gasteiger partial charge in [0.2, 0.25) is 0 Å². The molecule has 1 saturated heterocycles. The van der Waals surface area contributed by atoms with Gasteiger partial charge in [-0.3, -0.25) is 14.7 Å². The van der Waals surface area contributed by atoms with E-state index in [-0.39, 0.29) is 18.5 Å². The van der Waals surface area contributed by atoms with Gasteiger partial charge in [-0.25, -0.2) is 4.79 Å². The Hall–Kier alpha value is -2.73. The number of rotatable bonds is 3. The van der Waals surface area contributed by atoms with Crippen LogP contribution in [-0.2, 0) is 16.9 Å². The van der Waals surface area contributed by atoms with Crippen molar-refractivity contribution < 1.29 is 9.59 Å². The van der Waals surface area contributed by atoms with Crippen molar-refractivity contribution in [3.05, 3.63) is 64.5 Å². The van der Waals surface area contributed by atoms with Gasteiger partial charge in [-0.2, -0.15) is 11.3 Å². The summed E-state index contributed by atoms with van der Waals surface area (Å²) >= 11 is 1.50. The van der Waals surface area contributed by atoms with Crippen LogP contribution in [0.2, 0.25) is 0 Å². The molecule has 1 aliphatic rings. The van der Waals surface area contributed by atoms with Crippen LogP contribution in [0.5, 0.6) is 0 Å². The maximum absolute atomic E-state index is 12.9. The Bertz CT molecular complexity index is 933. The predicted octanol–water partition coefficient (Wildman–Crippen LogP) is 3.26. The van der Waals surface area contributed by atoms with Crippen LogP contribution < -0.4 is 5.32 Å². The summed E-state index contributed by atoms with van der Waals surface area (Å²) in [5, 5.41) is 7.60. The Morgan fingerprint density at radius 2 is 2.04 bits per heavy atom. The van der Waals surface area contributed by atoms with E-state index < -0.39 is 5.54 Å². The van der Waals surface area contributed by atoms with Crippen LogP contribution in [0, 0.1) is 0 Å². The Balaban J connectivity index is 1.70. The second kappa shape index (κ2) is 5.42. The molecule has 3 aromatic rings. The highest BCUT2D eigenvalue weighted by Crippen LogP contribution is 2.31. The molecule has 0 radical (unpaired) electrons. The minimum Gasteiger partial charge on any atom is -0.319 e. The van der Waals surface area contributed by atoms with E-state index in [4.69, 9.17) is 0 Å². The second-order valence-electron chi connectivity index (χ2n) is 5.95. The molecule has 0 unspecified atom stereocenters. The molecule has 24 heavy (non-hydrogen) atoms. The van der Waals surface area contributed by atoms with E-state index in [1.54, 1.807) is 13.1 Å². The number of para-hydroxylation sites is 1. The molecule has 1 aromatic carbocycles. The maximum Gasteiger partial charge on any atom is 0.325 e. The third-order valence-electron chi connectivity index (χ3n) is 4.42. The summed E-state index contributed by atoms with van der Waals surface area (Å²) in [5.41, 5.74) is 1.47. The molecule has 6 heteroatoms. The molecule has 2 aromatic heterocycles. The number of fused-ring (bicyclic) bond motifs is 1. The first-order valence-electron chi connectivity index (χ1n) is 7.59. The van der Waals surface area contributed by atoms with Crippen molar-refractivity contribution in [1.29, 1.82) is 0 Å². The fourth-order valence-corrected chi connectivity index (χ4v) is 3.82. The van der Waals surface area contributed by atoms with Gasteiger partial charge in [0.25, 0.3) is 5.91 Å². The number of benzene rings is 1. The number of aromatic nitrogens is 1. The Kier molecular flexibility index (Phi) is 3.35. The predicted molar refractivity (Wildman–Crippen MR) is 92.5 cm³/mol. The fraction of sp³-hybridized carbons (Fsp3) is 0.167. The van der Waals surface area contributed by atoms with Gasteiger partial charge in [0.1, 0.15) is 5.54 Å². The third kappa shape index (κ3) is 2.18. The quantitative estimate of drug-likeness (QED) is 0.746. The van der Waals surface area contributed by atoms with E-state index in [2.05, 4.69) is 10.3 Å². The SMILES string of the molecule is C[C@@]1(c2ccsc2)NC(=O)N(Cc2cccc3cccnc23)C1=O. The van der Waals surface area contributed by atoms with Crippen LogP contribution in [0.1, 0.15) is 18.1 Å². The number of imide groups is 1. The van der Waals surface area contributed by atoms with E-state index in [0.717, 1.165) is 22.0 Å². The lowest BCUT2D eigenvalue weighted by Gasteiger charge is -2.20. The summed E-state index contributed by atoms with van der Waals surface area (Å²) in [4.78, 5) is 31.0. The van der Waals surface area contributed by atoms with E-state index >= 15 is 0 Å². The van der Waals surface area contributed by atoms with Gasteiger partial charge in [0.05, 0.1) is 12.1 Å². The molecule has 5 nitrogen and oxygen atoms in total. The highest BCUT2D eigenvalue weighted by atomic mass is 32.1. The molecule has 120 valence electrons. The smallest absolute Gasteiger partial charge is 0.319 e. The van der Waals surface area contributed by atoms with Crippen LogP contribution in [-0.4, -0.2) is 21.8 Å².